The van der Waals surface area contributed by atoms with Gasteiger partial charge in [-0.25, -0.2) is 12.1 Å². The third-order valence-corrected chi connectivity index (χ3v) is 13.9. The van der Waals surface area contributed by atoms with Crippen LogP contribution < -0.4 is 10.6 Å². The number of unbranched alkanes of at least 4 members (excludes halogenated alkanes) is 16. The van der Waals surface area contributed by atoms with Crippen LogP contribution in [0.3, 0.4) is 0 Å². The molecule has 0 atom stereocenters. The van der Waals surface area contributed by atoms with Gasteiger partial charge in [0.05, 0.1) is 0 Å². The van der Waals surface area contributed by atoms with Crippen LogP contribution in [0.2, 0.25) is 0 Å². The van der Waals surface area contributed by atoms with Gasteiger partial charge in [-0.3, -0.25) is 0 Å². The van der Waals surface area contributed by atoms with Gasteiger partial charge in [-0.2, -0.15) is 6.07 Å². The van der Waals surface area contributed by atoms with E-state index < -0.39 is 0 Å². The molecule has 0 bridgehead atoms. The molecule has 0 radical (unpaired) electrons. The first kappa shape index (κ1) is 41.4. The SMILES string of the molecule is CCCCCCCP(CCCCCCC)c1ccc[c-]1P(CCCCCCC)CCCCCCC.[Zr].[cH-]1[cH-][cH-][cH-][cH-]1. The maximum Gasteiger partial charge on any atom is 0 e. The Hall–Kier alpha value is 0.443. The summed E-state index contributed by atoms with van der Waals surface area (Å²) in [6, 6.07) is 17.6. The molecule has 2 aromatic carbocycles. The quantitative estimate of drug-likeness (QED) is 0.0528. The smallest absolute Gasteiger partial charge is 0 e. The fraction of sp³-hybridized carbons (Fsp3) is 0.737. The van der Waals surface area contributed by atoms with Gasteiger partial charge in [0.25, 0.3) is 0 Å². The summed E-state index contributed by atoms with van der Waals surface area (Å²) < 4.78 is 0. The molecule has 2 aromatic rings. The normalized spacial score (nSPS) is 11.1. The molecule has 0 unspecified atom stereocenters. The molecule has 240 valence electrons. The molecule has 0 aliphatic carbocycles. The van der Waals surface area contributed by atoms with Crippen molar-refractivity contribution in [3.05, 3.63) is 48.5 Å². The van der Waals surface area contributed by atoms with E-state index in [4.69, 9.17) is 0 Å². The molecule has 0 heterocycles. The van der Waals surface area contributed by atoms with E-state index in [9.17, 15) is 0 Å². The van der Waals surface area contributed by atoms with Crippen LogP contribution in [-0.4, -0.2) is 24.6 Å². The van der Waals surface area contributed by atoms with Crippen LogP contribution in [-0.2, 0) is 26.2 Å². The second kappa shape index (κ2) is 31.9. The van der Waals surface area contributed by atoms with Gasteiger partial charge in [-0.05, 0) is 50.3 Å². The summed E-state index contributed by atoms with van der Waals surface area (Å²) in [6.45, 7) is 9.36. The van der Waals surface area contributed by atoms with Gasteiger partial charge >= 0.3 is 0 Å². The van der Waals surface area contributed by atoms with Gasteiger partial charge in [0, 0.05) is 26.2 Å². The van der Waals surface area contributed by atoms with Crippen LogP contribution in [0.15, 0.2) is 48.5 Å². The second-order valence-corrected chi connectivity index (χ2v) is 16.8. The molecule has 0 spiro atoms. The van der Waals surface area contributed by atoms with E-state index >= 15 is 0 Å². The van der Waals surface area contributed by atoms with Crippen LogP contribution in [0, 0.1) is 0 Å². The Bertz CT molecular complexity index is 631. The minimum Gasteiger partial charge on any atom is -0.748 e. The zero-order valence-electron chi connectivity index (χ0n) is 28.0. The third-order valence-electron chi connectivity index (χ3n) is 8.13. The van der Waals surface area contributed by atoms with Gasteiger partial charge in [0.1, 0.15) is 0 Å². The van der Waals surface area contributed by atoms with E-state index in [-0.39, 0.29) is 42.0 Å². The molecule has 0 saturated heterocycles. The largest absolute Gasteiger partial charge is 0.748 e. The number of hydrogen-bond donors (Lipinski definition) is 0. The van der Waals surface area contributed by atoms with Crippen molar-refractivity contribution in [1.82, 2.24) is 0 Å². The van der Waals surface area contributed by atoms with Crippen molar-refractivity contribution < 1.29 is 26.2 Å². The van der Waals surface area contributed by atoms with Crippen molar-refractivity contribution in [3.63, 3.8) is 0 Å². The molecule has 0 fully saturated rings. The summed E-state index contributed by atoms with van der Waals surface area (Å²) in [7, 11) is 0.108. The van der Waals surface area contributed by atoms with Crippen LogP contribution >= 0.6 is 15.8 Å². The number of hydrogen-bond acceptors (Lipinski definition) is 0. The minimum atomic E-state index is 0. The Morgan fingerprint density at radius 2 is 0.829 bits per heavy atom. The molecular formula is C38H68P2Zr-6. The van der Waals surface area contributed by atoms with E-state index in [0.717, 1.165) is 0 Å². The molecule has 0 N–H and O–H groups in total. The van der Waals surface area contributed by atoms with E-state index in [0.29, 0.717) is 0 Å². The van der Waals surface area contributed by atoms with Crippen molar-refractivity contribution >= 4 is 26.5 Å². The molecule has 41 heavy (non-hydrogen) atoms. The van der Waals surface area contributed by atoms with Crippen molar-refractivity contribution in [3.8, 4) is 0 Å². The second-order valence-electron chi connectivity index (χ2n) is 11.9. The van der Waals surface area contributed by atoms with Crippen molar-refractivity contribution in [2.45, 2.75) is 156 Å². The molecule has 2 rings (SSSR count). The molecule has 0 aromatic heterocycles. The molecular weight excluding hydrogens is 610 g/mol. The molecule has 3 heteroatoms. The van der Waals surface area contributed by atoms with Gasteiger partial charge in [0.15, 0.2) is 0 Å². The zero-order valence-corrected chi connectivity index (χ0v) is 32.2. The van der Waals surface area contributed by atoms with Gasteiger partial charge in [-0.15, -0.1) is 26.5 Å². The van der Waals surface area contributed by atoms with Gasteiger partial charge in [-0.1, -0.05) is 130 Å². The summed E-state index contributed by atoms with van der Waals surface area (Å²) in [5.41, 5.74) is 0. The Kier molecular flexibility index (Phi) is 32.2. The van der Waals surface area contributed by atoms with E-state index in [1.807, 2.05) is 40.9 Å². The third kappa shape index (κ3) is 22.6. The summed E-state index contributed by atoms with van der Waals surface area (Å²) in [5, 5.41) is 3.72. The maximum absolute atomic E-state index is 2.59. The first-order valence-electron chi connectivity index (χ1n) is 17.7. The Balaban J connectivity index is 0.00000239. The Morgan fingerprint density at radius 1 is 0.488 bits per heavy atom. The standard InChI is InChI=1S/C33H63P2.C5H5.Zr/c1-5-9-13-17-21-28-34(29-22-18-14-10-6-2)32-26-25-27-33(32)35(30-23-19-15-11-7-3)31-24-20-16-12-8-4;1-2-4-5-3-1;/h25-27H,5-24,28-31H2,1-4H3;1-5H;/q-1;-5;. The zero-order chi connectivity index (χ0) is 28.9. The van der Waals surface area contributed by atoms with Crippen LogP contribution in [0.5, 0.6) is 0 Å². The van der Waals surface area contributed by atoms with Crippen molar-refractivity contribution in [2.24, 2.45) is 0 Å². The first-order valence-corrected chi connectivity index (χ1v) is 21.1. The molecule has 0 saturated carbocycles. The van der Waals surface area contributed by atoms with Gasteiger partial charge in [0.2, 0.25) is 0 Å². The topological polar surface area (TPSA) is 0 Å². The Morgan fingerprint density at radius 3 is 1.20 bits per heavy atom. The monoisotopic (exact) mass is 676 g/mol. The molecule has 0 nitrogen and oxygen atoms in total. The van der Waals surface area contributed by atoms with Gasteiger partial charge < -0.3 is 30.3 Å². The van der Waals surface area contributed by atoms with Crippen LogP contribution in [0.25, 0.3) is 0 Å². The van der Waals surface area contributed by atoms with E-state index in [1.54, 1.807) is 0 Å². The maximum atomic E-state index is 2.59. The van der Waals surface area contributed by atoms with E-state index in [1.165, 1.54) is 153 Å². The molecule has 0 amide bonds. The Labute approximate surface area is 280 Å². The minimum absolute atomic E-state index is 0. The predicted molar refractivity (Wildman–Crippen MR) is 192 cm³/mol. The summed E-state index contributed by atoms with van der Waals surface area (Å²) in [6.07, 6.45) is 34.7. The van der Waals surface area contributed by atoms with Crippen molar-refractivity contribution in [2.75, 3.05) is 24.6 Å². The number of rotatable bonds is 26. The fourth-order valence-electron chi connectivity index (χ4n) is 5.59. The van der Waals surface area contributed by atoms with Crippen LogP contribution in [0.1, 0.15) is 156 Å². The van der Waals surface area contributed by atoms with Crippen LogP contribution in [0.4, 0.5) is 0 Å². The molecule has 0 aliphatic rings. The predicted octanol–water partition coefficient (Wildman–Crippen LogP) is 12.9. The summed E-state index contributed by atoms with van der Waals surface area (Å²) in [4.78, 5) is 0. The summed E-state index contributed by atoms with van der Waals surface area (Å²) >= 11 is 0. The molecule has 0 aliphatic heterocycles. The fourth-order valence-corrected chi connectivity index (χ4v) is 11.7. The first-order chi connectivity index (χ1) is 19.8. The average molecular weight is 678 g/mol. The van der Waals surface area contributed by atoms with Crippen molar-refractivity contribution in [1.29, 1.82) is 0 Å². The average Bonchev–Trinajstić information content (AvgIpc) is 3.71. The van der Waals surface area contributed by atoms with E-state index in [2.05, 4.69) is 45.9 Å². The summed E-state index contributed by atoms with van der Waals surface area (Å²) in [5.74, 6) is 0.